The molecule has 0 fully saturated rings. The Balaban J connectivity index is 3.55. The van der Waals surface area contributed by atoms with E-state index in [2.05, 4.69) is 4.98 Å². The van der Waals surface area contributed by atoms with E-state index in [0.29, 0.717) is 12.3 Å². The molecule has 84 valence electrons. The first-order valence-electron chi connectivity index (χ1n) is 3.30. The Morgan fingerprint density at radius 1 is 1.40 bits per heavy atom. The minimum Gasteiger partial charge on any atom is -0.249 e. The van der Waals surface area contributed by atoms with E-state index in [9.17, 15) is 21.6 Å². The summed E-state index contributed by atoms with van der Waals surface area (Å²) in [5, 5.41) is 0. The monoisotopic (exact) mass is 371 g/mol. The molecular weight excluding hydrogens is 369 g/mol. The Morgan fingerprint density at radius 3 is 2.33 bits per heavy atom. The molecule has 0 atom stereocenters. The summed E-state index contributed by atoms with van der Waals surface area (Å²) in [4.78, 5) is 2.41. The molecule has 9 heteroatoms. The minimum atomic E-state index is -4.78. The van der Waals surface area contributed by atoms with Crippen LogP contribution in [0.15, 0.2) is 17.2 Å². The molecule has 1 rings (SSSR count). The Hall–Kier alpha value is -0.0900. The van der Waals surface area contributed by atoms with Gasteiger partial charge in [0.25, 0.3) is 9.05 Å². The molecule has 1 aromatic rings. The van der Waals surface area contributed by atoms with Crippen LogP contribution in [0.5, 0.6) is 0 Å². The summed E-state index contributed by atoms with van der Waals surface area (Å²) in [6, 6.07) is 0.621. The number of hydrogen-bond donors (Lipinski definition) is 0. The third-order valence-corrected chi connectivity index (χ3v) is 3.34. The van der Waals surface area contributed by atoms with E-state index in [1.807, 2.05) is 0 Å². The third kappa shape index (κ3) is 3.18. The molecule has 0 aromatic carbocycles. The van der Waals surface area contributed by atoms with Gasteiger partial charge in [-0.3, -0.25) is 0 Å². The second-order valence-electron chi connectivity index (χ2n) is 2.44. The summed E-state index contributed by atoms with van der Waals surface area (Å²) < 4.78 is 58.9. The number of rotatable bonds is 1. The zero-order valence-electron chi connectivity index (χ0n) is 6.72. The van der Waals surface area contributed by atoms with E-state index in [1.165, 1.54) is 0 Å². The zero-order chi connectivity index (χ0) is 11.9. The topological polar surface area (TPSA) is 47.0 Å². The molecule has 0 radical (unpaired) electrons. The zero-order valence-corrected chi connectivity index (χ0v) is 10.4. The molecule has 3 nitrogen and oxygen atoms in total. The Labute approximate surface area is 101 Å². The van der Waals surface area contributed by atoms with E-state index in [0.717, 1.165) is 0 Å². The lowest BCUT2D eigenvalue weighted by atomic mass is 10.3. The van der Waals surface area contributed by atoms with E-state index in [-0.39, 0.29) is 3.70 Å². The van der Waals surface area contributed by atoms with Crippen molar-refractivity contribution in [3.05, 3.63) is 21.5 Å². The van der Waals surface area contributed by atoms with Gasteiger partial charge in [0.05, 0.1) is 5.56 Å². The standard InChI is InChI=1S/C6H2ClF3INO2S/c7-15(13,14)4-2-12-5(11)1-3(4)6(8,9)10/h1-2H. The van der Waals surface area contributed by atoms with Gasteiger partial charge in [-0.05, 0) is 28.7 Å². The molecule has 0 aliphatic rings. The number of alkyl halides is 3. The van der Waals surface area contributed by atoms with Crippen molar-refractivity contribution in [2.75, 3.05) is 0 Å². The van der Waals surface area contributed by atoms with Gasteiger partial charge in [-0.15, -0.1) is 0 Å². The third-order valence-electron chi connectivity index (χ3n) is 1.40. The number of nitrogens with zero attached hydrogens (tertiary/aromatic N) is 1. The predicted octanol–water partition coefficient (Wildman–Crippen LogP) is 2.63. The molecule has 0 N–H and O–H groups in total. The number of pyridine rings is 1. The summed E-state index contributed by atoms with van der Waals surface area (Å²) in [6.07, 6.45) is -4.19. The lowest BCUT2D eigenvalue weighted by Gasteiger charge is -2.10. The van der Waals surface area contributed by atoms with Crippen LogP contribution in [0, 0.1) is 3.70 Å². The molecule has 0 aliphatic carbocycles. The molecular formula is C6H2ClF3INO2S. The summed E-state index contributed by atoms with van der Waals surface area (Å²) >= 11 is 1.54. The first kappa shape index (κ1) is 13.0. The minimum absolute atomic E-state index is 0.0315. The van der Waals surface area contributed by atoms with Crippen LogP contribution in [0.3, 0.4) is 0 Å². The highest BCUT2D eigenvalue weighted by molar-refractivity contribution is 14.1. The second kappa shape index (κ2) is 4.06. The smallest absolute Gasteiger partial charge is 0.249 e. The molecule has 0 aliphatic heterocycles. The molecule has 0 unspecified atom stereocenters. The fourth-order valence-corrected chi connectivity index (χ4v) is 2.27. The largest absolute Gasteiger partial charge is 0.417 e. The van der Waals surface area contributed by atoms with E-state index in [4.69, 9.17) is 10.7 Å². The van der Waals surface area contributed by atoms with Crippen LogP contribution in [0.4, 0.5) is 13.2 Å². The van der Waals surface area contributed by atoms with Crippen molar-refractivity contribution in [2.24, 2.45) is 0 Å². The molecule has 15 heavy (non-hydrogen) atoms. The molecule has 0 amide bonds. The Kier molecular flexibility index (Phi) is 3.51. The fourth-order valence-electron chi connectivity index (χ4n) is 0.833. The lowest BCUT2D eigenvalue weighted by molar-refractivity contribution is -0.140. The molecule has 0 spiro atoms. The second-order valence-corrected chi connectivity index (χ2v) is 6.08. The molecule has 1 heterocycles. The van der Waals surface area contributed by atoms with Gasteiger partial charge < -0.3 is 0 Å². The summed E-state index contributed by atoms with van der Waals surface area (Å²) in [5.74, 6) is 0. The number of hydrogen-bond acceptors (Lipinski definition) is 3. The summed E-state index contributed by atoms with van der Waals surface area (Å²) in [6.45, 7) is 0. The van der Waals surface area contributed by atoms with Gasteiger partial charge in [0.1, 0.15) is 8.60 Å². The van der Waals surface area contributed by atoms with Crippen LogP contribution in [-0.2, 0) is 15.2 Å². The highest BCUT2D eigenvalue weighted by Gasteiger charge is 2.37. The molecule has 1 aromatic heterocycles. The van der Waals surface area contributed by atoms with Gasteiger partial charge in [0, 0.05) is 16.9 Å². The van der Waals surface area contributed by atoms with Crippen LogP contribution < -0.4 is 0 Å². The quantitative estimate of drug-likeness (QED) is 0.433. The fraction of sp³-hybridized carbons (Fsp3) is 0.167. The first-order valence-corrected chi connectivity index (χ1v) is 6.68. The molecule has 0 saturated heterocycles. The summed E-state index contributed by atoms with van der Waals surface area (Å²) in [7, 11) is 0.405. The van der Waals surface area contributed by atoms with Crippen molar-refractivity contribution in [1.82, 2.24) is 4.98 Å². The van der Waals surface area contributed by atoms with Crippen molar-refractivity contribution in [1.29, 1.82) is 0 Å². The van der Waals surface area contributed by atoms with Crippen molar-refractivity contribution in [3.63, 3.8) is 0 Å². The van der Waals surface area contributed by atoms with Crippen LogP contribution >= 0.6 is 33.3 Å². The van der Waals surface area contributed by atoms with Gasteiger partial charge in [-0.25, -0.2) is 13.4 Å². The van der Waals surface area contributed by atoms with Crippen LogP contribution in [0.2, 0.25) is 0 Å². The maximum Gasteiger partial charge on any atom is 0.417 e. The van der Waals surface area contributed by atoms with Gasteiger partial charge in [-0.2, -0.15) is 13.2 Å². The van der Waals surface area contributed by atoms with Gasteiger partial charge in [0.15, 0.2) is 0 Å². The van der Waals surface area contributed by atoms with Gasteiger partial charge >= 0.3 is 6.18 Å². The van der Waals surface area contributed by atoms with Crippen molar-refractivity contribution < 1.29 is 21.6 Å². The van der Waals surface area contributed by atoms with Crippen molar-refractivity contribution in [2.45, 2.75) is 11.1 Å². The maximum atomic E-state index is 12.4. The molecule has 0 saturated carbocycles. The van der Waals surface area contributed by atoms with E-state index < -0.39 is 25.7 Å². The Morgan fingerprint density at radius 2 is 1.93 bits per heavy atom. The van der Waals surface area contributed by atoms with Crippen LogP contribution in [0.25, 0.3) is 0 Å². The van der Waals surface area contributed by atoms with Crippen molar-refractivity contribution >= 4 is 42.3 Å². The predicted molar refractivity (Wildman–Crippen MR) is 55.0 cm³/mol. The van der Waals surface area contributed by atoms with Gasteiger partial charge in [0.2, 0.25) is 0 Å². The van der Waals surface area contributed by atoms with Crippen LogP contribution in [0.1, 0.15) is 5.56 Å². The van der Waals surface area contributed by atoms with E-state index in [1.54, 1.807) is 22.6 Å². The normalized spacial score (nSPS) is 12.9. The SMILES string of the molecule is O=S(=O)(Cl)c1cnc(I)cc1C(F)(F)F. The van der Waals surface area contributed by atoms with E-state index >= 15 is 0 Å². The number of halogens is 5. The first-order chi connectivity index (χ1) is 6.62. The van der Waals surface area contributed by atoms with Crippen molar-refractivity contribution in [3.8, 4) is 0 Å². The average Bonchev–Trinajstić information content (AvgIpc) is 2.00. The highest BCUT2D eigenvalue weighted by Crippen LogP contribution is 2.35. The molecule has 0 bridgehead atoms. The van der Waals surface area contributed by atoms with Gasteiger partial charge in [-0.1, -0.05) is 0 Å². The van der Waals surface area contributed by atoms with Crippen LogP contribution in [-0.4, -0.2) is 13.4 Å². The average molecular weight is 372 g/mol. The maximum absolute atomic E-state index is 12.4. The highest BCUT2D eigenvalue weighted by atomic mass is 127. The summed E-state index contributed by atoms with van der Waals surface area (Å²) in [5.41, 5.74) is -1.31. The lowest BCUT2D eigenvalue weighted by Crippen LogP contribution is -2.11. The number of aromatic nitrogens is 1. The Bertz CT molecular complexity index is 488.